The van der Waals surface area contributed by atoms with Gasteiger partial charge in [0.2, 0.25) is 0 Å². The molecule has 2 aliphatic heterocycles. The van der Waals surface area contributed by atoms with Gasteiger partial charge in [-0.1, -0.05) is 238 Å². The highest BCUT2D eigenvalue weighted by atomic mass is 16.3. The first-order chi connectivity index (χ1) is 44.0. The minimum atomic E-state index is -0.179. The van der Waals surface area contributed by atoms with Crippen molar-refractivity contribution in [1.29, 1.82) is 0 Å². The molecule has 3 aliphatic rings. The molecule has 422 valence electrons. The Kier molecular flexibility index (Phi) is 12.5. The number of furan rings is 2. The van der Waals surface area contributed by atoms with Gasteiger partial charge in [-0.15, -0.1) is 0 Å². The van der Waals surface area contributed by atoms with E-state index in [1.54, 1.807) is 0 Å². The number of para-hydroxylation sites is 1. The summed E-state index contributed by atoms with van der Waals surface area (Å²) >= 11 is 0. The summed E-state index contributed by atoms with van der Waals surface area (Å²) in [5.74, 6) is 0.307. The number of hydrogen-bond acceptors (Lipinski definition) is 5. The van der Waals surface area contributed by atoms with E-state index in [2.05, 4.69) is 303 Å². The Balaban J connectivity index is 1.06. The third kappa shape index (κ3) is 8.79. The molecule has 0 spiro atoms. The van der Waals surface area contributed by atoms with Crippen LogP contribution in [-0.2, 0) is 0 Å². The predicted octanol–water partition coefficient (Wildman–Crippen LogP) is 20.4. The molecule has 5 nitrogen and oxygen atoms in total. The van der Waals surface area contributed by atoms with Crippen molar-refractivity contribution < 1.29 is 8.83 Å². The minimum Gasteiger partial charge on any atom is -0.455 e. The SMILES string of the molecule is CC(C)c1ccc2oc3c(c(N4C=CC=CC4)cc4c(-c5ccc(-c6ccccc6)cc5)c(-c5ccccc5)c5cc(N6C=c7ccccc7=C7C=C(c8ccccc8)C=CC76)c6oc7cc(C(=Nc8ccccc8)c8ccccc8)ccc7c6c5c43)c2c1. The normalized spacial score (nSPS) is 14.8. The summed E-state index contributed by atoms with van der Waals surface area (Å²) < 4.78 is 15.4. The Labute approximate surface area is 516 Å². The first-order valence-corrected chi connectivity index (χ1v) is 30.8. The molecule has 0 fully saturated rings. The van der Waals surface area contributed by atoms with Crippen molar-refractivity contribution in [3.8, 4) is 33.4 Å². The number of aliphatic imine (C=N–C) groups is 1. The van der Waals surface area contributed by atoms with Crippen molar-refractivity contribution in [3.63, 3.8) is 0 Å². The Morgan fingerprint density at radius 1 is 0.483 bits per heavy atom. The monoisotopic (exact) mass is 1140 g/mol. The van der Waals surface area contributed by atoms with E-state index >= 15 is 0 Å². The van der Waals surface area contributed by atoms with Crippen molar-refractivity contribution in [2.24, 2.45) is 4.99 Å². The lowest BCUT2D eigenvalue weighted by molar-refractivity contribution is 0.668. The molecule has 1 atom stereocenters. The van der Waals surface area contributed by atoms with Crippen molar-refractivity contribution in [2.45, 2.75) is 25.8 Å². The quantitative estimate of drug-likeness (QED) is 0.101. The maximum Gasteiger partial charge on any atom is 0.159 e. The molecule has 0 amide bonds. The van der Waals surface area contributed by atoms with Crippen LogP contribution in [0.2, 0.25) is 0 Å². The molecule has 4 heterocycles. The van der Waals surface area contributed by atoms with Gasteiger partial charge in [-0.3, -0.25) is 0 Å². The van der Waals surface area contributed by atoms with Gasteiger partial charge in [0.25, 0.3) is 0 Å². The molecule has 0 saturated carbocycles. The first kappa shape index (κ1) is 52.1. The second kappa shape index (κ2) is 21.3. The number of benzene rings is 12. The van der Waals surface area contributed by atoms with Crippen LogP contribution in [0.3, 0.4) is 0 Å². The number of fused-ring (bicyclic) bond motifs is 13. The van der Waals surface area contributed by atoms with Crippen LogP contribution in [0.4, 0.5) is 17.1 Å². The minimum absolute atomic E-state index is 0.179. The van der Waals surface area contributed by atoms with Crippen molar-refractivity contribution in [2.75, 3.05) is 16.3 Å². The third-order valence-corrected chi connectivity index (χ3v) is 18.3. The highest BCUT2D eigenvalue weighted by Gasteiger charge is 2.33. The van der Waals surface area contributed by atoms with Gasteiger partial charge >= 0.3 is 0 Å². The zero-order valence-electron chi connectivity index (χ0n) is 49.3. The smallest absolute Gasteiger partial charge is 0.159 e. The van der Waals surface area contributed by atoms with Crippen LogP contribution in [0, 0.1) is 0 Å². The van der Waals surface area contributed by atoms with E-state index in [1.807, 2.05) is 18.2 Å². The lowest BCUT2D eigenvalue weighted by atomic mass is 9.82. The average molecular weight is 1140 g/mol. The second-order valence-corrected chi connectivity index (χ2v) is 23.9. The van der Waals surface area contributed by atoms with E-state index < -0.39 is 0 Å². The number of nitrogens with zero attached hydrogens (tertiary/aromatic N) is 3. The van der Waals surface area contributed by atoms with Crippen LogP contribution in [0.5, 0.6) is 0 Å². The van der Waals surface area contributed by atoms with Crippen LogP contribution in [0.15, 0.2) is 305 Å². The summed E-state index contributed by atoms with van der Waals surface area (Å²) in [7, 11) is 0. The van der Waals surface area contributed by atoms with E-state index in [9.17, 15) is 0 Å². The Morgan fingerprint density at radius 3 is 1.83 bits per heavy atom. The second-order valence-electron chi connectivity index (χ2n) is 23.9. The van der Waals surface area contributed by atoms with Crippen LogP contribution >= 0.6 is 0 Å². The molecular weight excluding hydrogens is 1080 g/mol. The summed E-state index contributed by atoms with van der Waals surface area (Å²) in [6, 6.07) is 89.5. The maximum absolute atomic E-state index is 7.76. The van der Waals surface area contributed by atoms with E-state index in [-0.39, 0.29) is 6.04 Å². The van der Waals surface area contributed by atoms with Gasteiger partial charge in [-0.05, 0) is 143 Å². The predicted molar refractivity (Wildman–Crippen MR) is 374 cm³/mol. The first-order valence-electron chi connectivity index (χ1n) is 30.8. The van der Waals surface area contributed by atoms with Gasteiger partial charge in [0.15, 0.2) is 5.58 Å². The number of hydrogen-bond donors (Lipinski definition) is 0. The molecule has 0 N–H and O–H groups in total. The van der Waals surface area contributed by atoms with Crippen LogP contribution in [-0.4, -0.2) is 18.3 Å². The topological polar surface area (TPSA) is 45.1 Å². The summed E-state index contributed by atoms with van der Waals surface area (Å²) in [5, 5.41) is 10.8. The summed E-state index contributed by atoms with van der Waals surface area (Å²) in [6.45, 7) is 5.25. The molecule has 14 aromatic rings. The summed E-state index contributed by atoms with van der Waals surface area (Å²) in [6.07, 6.45) is 18.1. The fraction of sp³-hybridized carbons (Fsp3) is 0.0595. The van der Waals surface area contributed by atoms with Crippen molar-refractivity contribution in [3.05, 3.63) is 324 Å². The van der Waals surface area contributed by atoms with Gasteiger partial charge in [0.05, 0.1) is 34.2 Å². The highest BCUT2D eigenvalue weighted by Crippen LogP contribution is 2.55. The van der Waals surface area contributed by atoms with Crippen LogP contribution in [0.25, 0.3) is 116 Å². The zero-order chi connectivity index (χ0) is 59.1. The summed E-state index contributed by atoms with van der Waals surface area (Å²) in [5.41, 5.74) is 20.6. The van der Waals surface area contributed by atoms with Gasteiger partial charge < -0.3 is 18.6 Å². The Morgan fingerprint density at radius 2 is 1.10 bits per heavy atom. The van der Waals surface area contributed by atoms with Crippen LogP contribution < -0.4 is 20.2 Å². The molecular formula is C84H59N3O2. The van der Waals surface area contributed by atoms with E-state index in [0.717, 1.165) is 132 Å². The molecule has 17 rings (SSSR count). The number of anilines is 2. The fourth-order valence-corrected chi connectivity index (χ4v) is 14.0. The van der Waals surface area contributed by atoms with Gasteiger partial charge in [-0.2, -0.15) is 0 Å². The Hall–Kier alpha value is -11.3. The molecule has 1 aliphatic carbocycles. The van der Waals surface area contributed by atoms with Crippen molar-refractivity contribution >= 4 is 106 Å². The average Bonchev–Trinajstić information content (AvgIpc) is 1.66. The number of rotatable bonds is 10. The molecule has 5 heteroatoms. The lowest BCUT2D eigenvalue weighted by Crippen LogP contribution is -2.44. The molecule has 89 heavy (non-hydrogen) atoms. The third-order valence-electron chi connectivity index (χ3n) is 18.3. The van der Waals surface area contributed by atoms with E-state index in [0.29, 0.717) is 12.5 Å². The Bertz CT molecular complexity index is 5460. The summed E-state index contributed by atoms with van der Waals surface area (Å²) in [4.78, 5) is 10.2. The highest BCUT2D eigenvalue weighted by molar-refractivity contribution is 6.40. The maximum atomic E-state index is 7.76. The standard InChI is InChI=1S/C84H59N3O2/c1-53(2)60-41-44-74-68(47-60)78-72(86-45-21-8-22-46-86)50-70-77(58-37-35-56(36-38-58)54-23-9-3-10-24-54)76(57-27-13-5-14-28-57)69-51-73(87-52-63-31-19-20-34-65(63)67-48-61(40-43-71(67)87)55-25-11-4-12-26-55)83-80(79(69)81(70)84(78)88-74)66-42-39-62(49-75(66)89-83)82(59-29-15-6-16-30-59)85-64-32-17-7-18-33-64/h3-45,47-53,71H,46H2,1-2H3. The van der Waals surface area contributed by atoms with Crippen molar-refractivity contribution in [1.82, 2.24) is 0 Å². The lowest BCUT2D eigenvalue weighted by Gasteiger charge is -2.35. The van der Waals surface area contributed by atoms with Gasteiger partial charge in [0, 0.05) is 57.0 Å². The molecule has 1 unspecified atom stereocenters. The van der Waals surface area contributed by atoms with Gasteiger partial charge in [0.1, 0.15) is 16.7 Å². The zero-order valence-corrected chi connectivity index (χ0v) is 49.3. The van der Waals surface area contributed by atoms with E-state index in [1.165, 1.54) is 33.1 Å². The molecule has 0 radical (unpaired) electrons. The largest absolute Gasteiger partial charge is 0.455 e. The number of allylic oxidation sites excluding steroid dienone is 4. The fourth-order valence-electron chi connectivity index (χ4n) is 14.0. The molecule has 0 saturated heterocycles. The van der Waals surface area contributed by atoms with Crippen LogP contribution in [0.1, 0.15) is 42.0 Å². The van der Waals surface area contributed by atoms with Gasteiger partial charge in [-0.25, -0.2) is 4.99 Å². The molecule has 0 bridgehead atoms. The molecule has 2 aromatic heterocycles. The van der Waals surface area contributed by atoms with E-state index in [4.69, 9.17) is 13.8 Å². The molecule has 12 aromatic carbocycles.